The van der Waals surface area contributed by atoms with E-state index in [9.17, 15) is 0 Å². The Morgan fingerprint density at radius 2 is 1.14 bits per heavy atom. The average molecular weight is 752 g/mol. The summed E-state index contributed by atoms with van der Waals surface area (Å²) in [5.74, 6) is 0. The molecule has 57 heavy (non-hydrogen) atoms. The molecule has 0 saturated carbocycles. The predicted octanol–water partition coefficient (Wildman–Crippen LogP) is 12.3. The molecule has 3 nitrogen and oxygen atoms in total. The third kappa shape index (κ3) is 4.49. The zero-order chi connectivity index (χ0) is 38.5. The van der Waals surface area contributed by atoms with Gasteiger partial charge in [-0.3, -0.25) is 0 Å². The summed E-state index contributed by atoms with van der Waals surface area (Å²) in [6.07, 6.45) is 0. The number of thiophene rings is 1. The van der Waals surface area contributed by atoms with Crippen molar-refractivity contribution in [2.45, 2.75) is 52.4 Å². The van der Waals surface area contributed by atoms with Crippen LogP contribution in [0.15, 0.2) is 146 Å². The van der Waals surface area contributed by atoms with Crippen LogP contribution < -0.4 is 20.6 Å². The molecule has 0 saturated heterocycles. The van der Waals surface area contributed by atoms with Crippen LogP contribution in [-0.2, 0) is 10.8 Å². The van der Waals surface area contributed by atoms with Gasteiger partial charge in [0.15, 0.2) is 0 Å². The molecular weight excluding hydrogens is 709 g/mol. The monoisotopic (exact) mass is 751 g/mol. The molecule has 2 aliphatic rings. The molecule has 0 radical (unpaired) electrons. The van der Waals surface area contributed by atoms with E-state index in [1.54, 1.807) is 0 Å². The van der Waals surface area contributed by atoms with Gasteiger partial charge in [0, 0.05) is 64.7 Å². The van der Waals surface area contributed by atoms with E-state index in [4.69, 9.17) is 0 Å². The zero-order valence-electron chi connectivity index (χ0n) is 33.2. The highest BCUT2D eigenvalue weighted by Crippen LogP contribution is 2.47. The van der Waals surface area contributed by atoms with Gasteiger partial charge in [-0.05, 0) is 99.6 Å². The van der Waals surface area contributed by atoms with Crippen molar-refractivity contribution < 1.29 is 0 Å². The lowest BCUT2D eigenvalue weighted by Crippen LogP contribution is -2.59. The molecular formula is C52H42BN3S. The molecule has 3 aromatic heterocycles. The van der Waals surface area contributed by atoms with Crippen molar-refractivity contribution in [2.24, 2.45) is 0 Å². The summed E-state index contributed by atoms with van der Waals surface area (Å²) in [6.45, 7) is 14.0. The summed E-state index contributed by atoms with van der Waals surface area (Å²) in [5.41, 5.74) is 16.9. The molecule has 0 fully saturated rings. The number of hydrogen-bond acceptors (Lipinski definition) is 2. The van der Waals surface area contributed by atoms with Crippen molar-refractivity contribution in [2.75, 3.05) is 4.90 Å². The fourth-order valence-electron chi connectivity index (χ4n) is 10.0. The van der Waals surface area contributed by atoms with Crippen molar-refractivity contribution in [1.82, 2.24) is 9.13 Å². The number of para-hydroxylation sites is 3. The third-order valence-electron chi connectivity index (χ3n) is 12.8. The maximum Gasteiger partial charge on any atom is 0.264 e. The van der Waals surface area contributed by atoms with Crippen LogP contribution in [0.3, 0.4) is 0 Å². The highest BCUT2D eigenvalue weighted by Gasteiger charge is 2.44. The van der Waals surface area contributed by atoms with E-state index < -0.39 is 0 Å². The smallest absolute Gasteiger partial charge is 0.264 e. The van der Waals surface area contributed by atoms with Crippen LogP contribution >= 0.6 is 11.3 Å². The fraction of sp³-hybridized carbons (Fsp3) is 0.154. The summed E-state index contributed by atoms with van der Waals surface area (Å²) in [5, 5.41) is 6.52. The third-order valence-corrected chi connectivity index (χ3v) is 14.0. The van der Waals surface area contributed by atoms with Gasteiger partial charge in [0.25, 0.3) is 6.71 Å². The first kappa shape index (κ1) is 33.1. The quantitative estimate of drug-likeness (QED) is 0.160. The number of hydrogen-bond donors (Lipinski definition) is 0. The molecule has 0 spiro atoms. The normalized spacial score (nSPS) is 13.7. The molecule has 10 aromatic rings. The van der Waals surface area contributed by atoms with Crippen molar-refractivity contribution >= 4 is 105 Å². The lowest BCUT2D eigenvalue weighted by molar-refractivity contribution is 0.590. The number of rotatable bonds is 2. The number of benzene rings is 7. The van der Waals surface area contributed by atoms with Crippen LogP contribution in [0.4, 0.5) is 17.1 Å². The summed E-state index contributed by atoms with van der Waals surface area (Å²) < 4.78 is 7.80. The molecule has 2 aliphatic heterocycles. The van der Waals surface area contributed by atoms with E-state index in [1.165, 1.54) is 109 Å². The van der Waals surface area contributed by atoms with E-state index >= 15 is 0 Å². The Bertz CT molecular complexity index is 3310. The summed E-state index contributed by atoms with van der Waals surface area (Å²) in [6, 6.07) is 55.3. The molecule has 0 N–H and O–H groups in total. The number of aromatic nitrogens is 2. The van der Waals surface area contributed by atoms with E-state index in [2.05, 4.69) is 201 Å². The highest BCUT2D eigenvalue weighted by molar-refractivity contribution is 7.33. The van der Waals surface area contributed by atoms with Crippen LogP contribution in [-0.4, -0.2) is 15.8 Å². The van der Waals surface area contributed by atoms with Crippen LogP contribution in [0.5, 0.6) is 0 Å². The molecule has 0 atom stereocenters. The Morgan fingerprint density at radius 1 is 0.474 bits per heavy atom. The average Bonchev–Trinajstić information content (AvgIpc) is 3.86. The molecule has 7 aromatic carbocycles. The van der Waals surface area contributed by atoms with Gasteiger partial charge in [0.1, 0.15) is 0 Å². The topological polar surface area (TPSA) is 13.1 Å². The van der Waals surface area contributed by atoms with Gasteiger partial charge in [-0.1, -0.05) is 120 Å². The lowest BCUT2D eigenvalue weighted by Gasteiger charge is -2.39. The van der Waals surface area contributed by atoms with Gasteiger partial charge in [0.2, 0.25) is 0 Å². The van der Waals surface area contributed by atoms with Gasteiger partial charge in [0.05, 0.1) is 22.2 Å². The largest absolute Gasteiger partial charge is 0.310 e. The summed E-state index contributed by atoms with van der Waals surface area (Å²) in [7, 11) is 0. The van der Waals surface area contributed by atoms with Crippen LogP contribution in [0, 0.1) is 0 Å². The molecule has 0 aliphatic carbocycles. The van der Waals surface area contributed by atoms with Crippen molar-refractivity contribution in [3.63, 3.8) is 0 Å². The Hall–Kier alpha value is -6.04. The maximum atomic E-state index is 2.60. The SMILES string of the molecule is CC(C)(C)c1ccc(N2c3cccc4c3B(c3sc5ccc(C(C)(C)C)cc5c32)c2cccc3c5cc6c7ccccc7n(-c7ccccc7)c6cc5n-4c23)cc1. The van der Waals surface area contributed by atoms with E-state index in [1.807, 2.05) is 11.3 Å². The van der Waals surface area contributed by atoms with E-state index in [0.717, 1.165) is 0 Å². The van der Waals surface area contributed by atoms with Crippen molar-refractivity contribution in [3.8, 4) is 11.4 Å². The highest BCUT2D eigenvalue weighted by atomic mass is 32.1. The van der Waals surface area contributed by atoms with Gasteiger partial charge in [-0.15, -0.1) is 11.3 Å². The molecule has 5 heteroatoms. The van der Waals surface area contributed by atoms with Gasteiger partial charge >= 0.3 is 0 Å². The zero-order valence-corrected chi connectivity index (χ0v) is 34.0. The first-order valence-corrected chi connectivity index (χ1v) is 21.0. The predicted molar refractivity (Wildman–Crippen MR) is 247 cm³/mol. The minimum absolute atomic E-state index is 0.0379. The minimum Gasteiger partial charge on any atom is -0.310 e. The van der Waals surface area contributed by atoms with Crippen molar-refractivity contribution in [3.05, 3.63) is 157 Å². The standard InChI is InChI=1S/C52H42BN3S/c1-51(2,3)31-22-25-34(26-23-31)55-42-20-13-21-43-47(42)53(50-49(55)39-28-32(52(4,5)6)24-27-46(39)57-50)40-18-12-17-36-38-29-37-35-16-10-11-19-41(35)54(33-14-8-7-9-15-33)44(37)30-45(38)56(43)48(36)40/h7-30H,1-6H3. The van der Waals surface area contributed by atoms with Gasteiger partial charge in [-0.2, -0.15) is 0 Å². The second kappa shape index (κ2) is 11.3. The summed E-state index contributed by atoms with van der Waals surface area (Å²) in [4.78, 5) is 2.59. The first-order valence-electron chi connectivity index (χ1n) is 20.2. The molecule has 12 rings (SSSR count). The van der Waals surface area contributed by atoms with E-state index in [0.29, 0.717) is 0 Å². The molecule has 0 amide bonds. The van der Waals surface area contributed by atoms with Crippen LogP contribution in [0.25, 0.3) is 65.1 Å². The number of nitrogens with zero attached hydrogens (tertiary/aromatic N) is 3. The molecule has 0 bridgehead atoms. The molecule has 274 valence electrons. The maximum absolute atomic E-state index is 2.60. The summed E-state index contributed by atoms with van der Waals surface area (Å²) >= 11 is 1.98. The second-order valence-electron chi connectivity index (χ2n) is 18.2. The lowest BCUT2D eigenvalue weighted by atomic mass is 9.36. The number of fused-ring (bicyclic) bond motifs is 12. The van der Waals surface area contributed by atoms with Crippen LogP contribution in [0.1, 0.15) is 52.7 Å². The van der Waals surface area contributed by atoms with E-state index in [-0.39, 0.29) is 17.5 Å². The Kier molecular flexibility index (Phi) is 6.57. The fourth-order valence-corrected chi connectivity index (χ4v) is 11.3. The van der Waals surface area contributed by atoms with Crippen LogP contribution in [0.2, 0.25) is 0 Å². The number of anilines is 3. The van der Waals surface area contributed by atoms with Gasteiger partial charge < -0.3 is 14.0 Å². The Labute approximate surface area is 337 Å². The first-order chi connectivity index (χ1) is 27.6. The molecule has 5 heterocycles. The Balaban J connectivity index is 1.20. The Morgan fingerprint density at radius 3 is 1.93 bits per heavy atom. The van der Waals surface area contributed by atoms with Crippen molar-refractivity contribution in [1.29, 1.82) is 0 Å². The second-order valence-corrected chi connectivity index (χ2v) is 19.3. The minimum atomic E-state index is 0.0379. The van der Waals surface area contributed by atoms with Gasteiger partial charge in [-0.25, -0.2) is 0 Å². The molecule has 0 unspecified atom stereocenters.